The van der Waals surface area contributed by atoms with Crippen molar-refractivity contribution in [2.45, 2.75) is 19.4 Å². The summed E-state index contributed by atoms with van der Waals surface area (Å²) in [7, 11) is 1.98. The number of aryl methyl sites for hydroxylation is 1. The van der Waals surface area contributed by atoms with Crippen LogP contribution in [-0.4, -0.2) is 12.0 Å². The molecule has 98 valence electrons. The summed E-state index contributed by atoms with van der Waals surface area (Å²) in [6, 6.07) is 10.5. The number of benzene rings is 1. The van der Waals surface area contributed by atoms with Crippen LogP contribution in [0, 0.1) is 6.92 Å². The number of furan rings is 1. The number of hydrogen-bond donors (Lipinski definition) is 1. The van der Waals surface area contributed by atoms with E-state index >= 15 is 0 Å². The van der Waals surface area contributed by atoms with Gasteiger partial charge in [0.25, 0.3) is 0 Å². The van der Waals surface area contributed by atoms with E-state index in [1.54, 1.807) is 17.6 Å². The van der Waals surface area contributed by atoms with Crippen LogP contribution in [0.25, 0.3) is 10.2 Å². The Morgan fingerprint density at radius 1 is 1.32 bits per heavy atom. The Morgan fingerprint density at radius 2 is 2.16 bits per heavy atom. The normalized spacial score (nSPS) is 12.9. The first-order valence-electron chi connectivity index (χ1n) is 6.33. The van der Waals surface area contributed by atoms with E-state index in [1.807, 2.05) is 26.1 Å². The van der Waals surface area contributed by atoms with Crippen molar-refractivity contribution in [2.75, 3.05) is 7.05 Å². The highest BCUT2D eigenvalue weighted by Crippen LogP contribution is 2.27. The first-order valence-corrected chi connectivity index (χ1v) is 7.15. The van der Waals surface area contributed by atoms with E-state index in [0.29, 0.717) is 0 Å². The Hall–Kier alpha value is -1.65. The number of para-hydroxylation sites is 1. The van der Waals surface area contributed by atoms with Gasteiger partial charge in [-0.05, 0) is 32.2 Å². The number of thiazole rings is 1. The number of aromatic nitrogens is 1. The lowest BCUT2D eigenvalue weighted by atomic mass is 10.1. The maximum atomic E-state index is 5.39. The van der Waals surface area contributed by atoms with Crippen molar-refractivity contribution >= 4 is 21.6 Å². The monoisotopic (exact) mass is 272 g/mol. The highest BCUT2D eigenvalue weighted by Gasteiger charge is 2.16. The molecule has 1 N–H and O–H groups in total. The Balaban J connectivity index is 1.88. The summed E-state index contributed by atoms with van der Waals surface area (Å²) in [6.45, 7) is 2.00. The molecule has 0 fully saturated rings. The van der Waals surface area contributed by atoms with Crippen LogP contribution >= 0.6 is 11.3 Å². The standard InChI is InChI=1S/C15H16N2OS/c1-10-11(7-8-18-10)13(16-2)9-15-17-12-5-3-4-6-14(12)19-15/h3-8,13,16H,9H2,1-2H3. The van der Waals surface area contributed by atoms with Gasteiger partial charge in [-0.1, -0.05) is 12.1 Å². The van der Waals surface area contributed by atoms with Gasteiger partial charge in [0.05, 0.1) is 21.5 Å². The van der Waals surface area contributed by atoms with Gasteiger partial charge in [-0.15, -0.1) is 11.3 Å². The van der Waals surface area contributed by atoms with Crippen molar-refractivity contribution in [3.05, 3.63) is 52.9 Å². The van der Waals surface area contributed by atoms with E-state index < -0.39 is 0 Å². The molecule has 0 saturated heterocycles. The van der Waals surface area contributed by atoms with Crippen molar-refractivity contribution in [3.8, 4) is 0 Å². The summed E-state index contributed by atoms with van der Waals surface area (Å²) in [4.78, 5) is 4.69. The van der Waals surface area contributed by atoms with Crippen molar-refractivity contribution in [3.63, 3.8) is 0 Å². The molecule has 1 aromatic carbocycles. The zero-order valence-corrected chi connectivity index (χ0v) is 11.8. The number of nitrogens with zero attached hydrogens (tertiary/aromatic N) is 1. The van der Waals surface area contributed by atoms with Gasteiger partial charge in [0.1, 0.15) is 5.76 Å². The molecule has 0 spiro atoms. The van der Waals surface area contributed by atoms with Crippen LogP contribution in [0.4, 0.5) is 0 Å². The van der Waals surface area contributed by atoms with Crippen LogP contribution in [0.15, 0.2) is 41.0 Å². The maximum Gasteiger partial charge on any atom is 0.105 e. The molecule has 0 radical (unpaired) electrons. The summed E-state index contributed by atoms with van der Waals surface area (Å²) in [5, 5.41) is 4.50. The quantitative estimate of drug-likeness (QED) is 0.787. The minimum absolute atomic E-state index is 0.249. The summed E-state index contributed by atoms with van der Waals surface area (Å²) in [6.07, 6.45) is 2.63. The summed E-state index contributed by atoms with van der Waals surface area (Å²) < 4.78 is 6.63. The average Bonchev–Trinajstić information content (AvgIpc) is 3.01. The van der Waals surface area contributed by atoms with Gasteiger partial charge in [0, 0.05) is 18.0 Å². The summed E-state index contributed by atoms with van der Waals surface area (Å²) >= 11 is 1.76. The van der Waals surface area contributed by atoms with E-state index in [0.717, 1.165) is 22.7 Å². The second-order valence-electron chi connectivity index (χ2n) is 4.55. The number of rotatable bonds is 4. The third-order valence-corrected chi connectivity index (χ3v) is 4.40. The van der Waals surface area contributed by atoms with Crippen molar-refractivity contribution in [2.24, 2.45) is 0 Å². The van der Waals surface area contributed by atoms with E-state index in [9.17, 15) is 0 Å². The fourth-order valence-corrected chi connectivity index (χ4v) is 3.32. The lowest BCUT2D eigenvalue weighted by Gasteiger charge is -2.13. The second kappa shape index (κ2) is 5.15. The predicted octanol–water partition coefficient (Wildman–Crippen LogP) is 3.70. The van der Waals surface area contributed by atoms with Crippen LogP contribution in [0.3, 0.4) is 0 Å². The van der Waals surface area contributed by atoms with Crippen molar-refractivity contribution in [1.82, 2.24) is 10.3 Å². The molecule has 2 aromatic heterocycles. The number of nitrogens with one attached hydrogen (secondary N) is 1. The van der Waals surface area contributed by atoms with Gasteiger partial charge in [-0.3, -0.25) is 0 Å². The van der Waals surface area contributed by atoms with Gasteiger partial charge < -0.3 is 9.73 Å². The molecule has 0 bridgehead atoms. The number of fused-ring (bicyclic) bond motifs is 1. The Kier molecular flexibility index (Phi) is 3.36. The molecular weight excluding hydrogens is 256 g/mol. The first kappa shape index (κ1) is 12.4. The van der Waals surface area contributed by atoms with Gasteiger partial charge >= 0.3 is 0 Å². The molecule has 4 heteroatoms. The minimum Gasteiger partial charge on any atom is -0.469 e. The maximum absolute atomic E-state index is 5.39. The first-order chi connectivity index (χ1) is 9.28. The molecule has 0 aliphatic rings. The molecule has 0 aliphatic heterocycles. The Bertz CT molecular complexity index is 653. The number of hydrogen-bond acceptors (Lipinski definition) is 4. The Morgan fingerprint density at radius 3 is 2.84 bits per heavy atom. The molecule has 19 heavy (non-hydrogen) atoms. The fourth-order valence-electron chi connectivity index (χ4n) is 2.31. The highest BCUT2D eigenvalue weighted by molar-refractivity contribution is 7.18. The van der Waals surface area contributed by atoms with E-state index in [1.165, 1.54) is 10.3 Å². The highest BCUT2D eigenvalue weighted by atomic mass is 32.1. The lowest BCUT2D eigenvalue weighted by molar-refractivity contribution is 0.512. The third-order valence-electron chi connectivity index (χ3n) is 3.34. The van der Waals surface area contributed by atoms with Crippen LogP contribution in [-0.2, 0) is 6.42 Å². The van der Waals surface area contributed by atoms with Gasteiger partial charge in [-0.25, -0.2) is 4.98 Å². The fraction of sp³-hybridized carbons (Fsp3) is 0.267. The summed E-state index contributed by atoms with van der Waals surface area (Å²) in [5.41, 5.74) is 2.29. The number of likely N-dealkylation sites (N-methyl/N-ethyl adjacent to an activating group) is 1. The third kappa shape index (κ3) is 2.41. The zero-order chi connectivity index (χ0) is 13.2. The molecule has 0 aliphatic carbocycles. The topological polar surface area (TPSA) is 38.1 Å². The molecule has 0 amide bonds. The SMILES string of the molecule is CNC(Cc1nc2ccccc2s1)c1ccoc1C. The van der Waals surface area contributed by atoms with Crippen LogP contribution in [0.1, 0.15) is 22.4 Å². The molecule has 1 atom stereocenters. The zero-order valence-electron chi connectivity index (χ0n) is 11.0. The molecule has 3 rings (SSSR count). The molecule has 0 saturated carbocycles. The predicted molar refractivity (Wildman–Crippen MR) is 78.6 cm³/mol. The lowest BCUT2D eigenvalue weighted by Crippen LogP contribution is -2.18. The second-order valence-corrected chi connectivity index (χ2v) is 5.67. The smallest absolute Gasteiger partial charge is 0.105 e. The molecule has 1 unspecified atom stereocenters. The van der Waals surface area contributed by atoms with E-state index in [2.05, 4.69) is 28.5 Å². The van der Waals surface area contributed by atoms with Crippen molar-refractivity contribution < 1.29 is 4.42 Å². The van der Waals surface area contributed by atoms with E-state index in [-0.39, 0.29) is 6.04 Å². The van der Waals surface area contributed by atoms with Gasteiger partial charge in [0.2, 0.25) is 0 Å². The van der Waals surface area contributed by atoms with Crippen LogP contribution in [0.2, 0.25) is 0 Å². The van der Waals surface area contributed by atoms with E-state index in [4.69, 9.17) is 4.42 Å². The molecular formula is C15H16N2OS. The minimum atomic E-state index is 0.249. The molecule has 3 nitrogen and oxygen atoms in total. The average molecular weight is 272 g/mol. The summed E-state index contributed by atoms with van der Waals surface area (Å²) in [5.74, 6) is 0.973. The van der Waals surface area contributed by atoms with Crippen molar-refractivity contribution in [1.29, 1.82) is 0 Å². The van der Waals surface area contributed by atoms with Gasteiger partial charge in [-0.2, -0.15) is 0 Å². The Labute approximate surface area is 116 Å². The van der Waals surface area contributed by atoms with Crippen LogP contribution < -0.4 is 5.32 Å². The largest absolute Gasteiger partial charge is 0.469 e. The van der Waals surface area contributed by atoms with Gasteiger partial charge in [0.15, 0.2) is 0 Å². The molecule has 2 heterocycles. The molecule has 3 aromatic rings. The van der Waals surface area contributed by atoms with Crippen LogP contribution in [0.5, 0.6) is 0 Å².